The molecule has 3 nitrogen and oxygen atoms in total. The maximum Gasteiger partial charge on any atom is 0.227 e. The van der Waals surface area contributed by atoms with Crippen LogP contribution in [-0.4, -0.2) is 29.4 Å². The Balaban J connectivity index is 2.67. The largest absolute Gasteiger partial charge is 0.338 e. The summed E-state index contributed by atoms with van der Waals surface area (Å²) < 4.78 is 3.14. The van der Waals surface area contributed by atoms with Crippen molar-refractivity contribution in [2.24, 2.45) is 5.92 Å². The number of likely N-dealkylation sites (tertiary alicyclic amines) is 1. The number of halogens is 1. The van der Waals surface area contributed by atoms with Crippen molar-refractivity contribution in [3.05, 3.63) is 0 Å². The van der Waals surface area contributed by atoms with Crippen LogP contribution < -0.4 is 3.53 Å². The third-order valence-corrected chi connectivity index (χ3v) is 3.23. The third-order valence-electron chi connectivity index (χ3n) is 2.43. The number of rotatable bonds is 2. The zero-order valence-electron chi connectivity index (χ0n) is 7.67. The van der Waals surface area contributed by atoms with Gasteiger partial charge in [0.2, 0.25) is 5.91 Å². The first-order valence-electron chi connectivity index (χ1n) is 4.24. The van der Waals surface area contributed by atoms with Crippen molar-refractivity contribution < 1.29 is 4.79 Å². The van der Waals surface area contributed by atoms with Gasteiger partial charge >= 0.3 is 0 Å². The molecule has 1 N–H and O–H groups in total. The van der Waals surface area contributed by atoms with Gasteiger partial charge in [-0.25, -0.2) is 0 Å². The fraction of sp³-hybridized carbons (Fsp3) is 0.875. The highest BCUT2D eigenvalue weighted by atomic mass is 127. The number of hydrogen-bond donors (Lipinski definition) is 1. The molecule has 1 aliphatic heterocycles. The van der Waals surface area contributed by atoms with E-state index in [1.807, 2.05) is 11.8 Å². The van der Waals surface area contributed by atoms with Gasteiger partial charge in [0.05, 0.1) is 5.92 Å². The molecule has 0 radical (unpaired) electrons. The van der Waals surface area contributed by atoms with Crippen molar-refractivity contribution >= 4 is 28.8 Å². The molecule has 1 aliphatic rings. The Morgan fingerprint density at radius 2 is 2.25 bits per heavy atom. The second-order valence-electron chi connectivity index (χ2n) is 3.59. The van der Waals surface area contributed by atoms with Gasteiger partial charge < -0.3 is 4.90 Å². The molecule has 1 amide bonds. The maximum absolute atomic E-state index is 11.6. The predicted molar refractivity (Wildman–Crippen MR) is 57.0 cm³/mol. The Bertz CT molecular complexity index is 184. The number of nitrogens with one attached hydrogen (secondary N) is 1. The van der Waals surface area contributed by atoms with E-state index >= 15 is 0 Å². The second kappa shape index (κ2) is 3.91. The molecule has 0 saturated carbocycles. The van der Waals surface area contributed by atoms with E-state index in [2.05, 4.69) is 40.2 Å². The minimum Gasteiger partial charge on any atom is -0.338 e. The van der Waals surface area contributed by atoms with E-state index in [1.165, 1.54) is 0 Å². The molecule has 12 heavy (non-hydrogen) atoms. The zero-order valence-corrected chi connectivity index (χ0v) is 9.83. The van der Waals surface area contributed by atoms with Gasteiger partial charge in [0.15, 0.2) is 0 Å². The Hall–Kier alpha value is 0.160. The molecular weight excluding hydrogens is 267 g/mol. The lowest BCUT2D eigenvalue weighted by Crippen LogP contribution is -2.33. The predicted octanol–water partition coefficient (Wildman–Crippen LogP) is 1.18. The van der Waals surface area contributed by atoms with Crippen LogP contribution in [0.15, 0.2) is 0 Å². The molecule has 1 fully saturated rings. The summed E-state index contributed by atoms with van der Waals surface area (Å²) in [6, 6.07) is 0.648. The monoisotopic (exact) mass is 282 g/mol. The highest BCUT2D eigenvalue weighted by Gasteiger charge is 2.37. The summed E-state index contributed by atoms with van der Waals surface area (Å²) in [5, 5.41) is 0. The van der Waals surface area contributed by atoms with Crippen molar-refractivity contribution in [1.82, 2.24) is 8.43 Å². The van der Waals surface area contributed by atoms with Gasteiger partial charge in [-0.2, -0.15) is 0 Å². The van der Waals surface area contributed by atoms with Crippen LogP contribution in [0.3, 0.4) is 0 Å². The topological polar surface area (TPSA) is 32.3 Å². The molecule has 0 aromatic heterocycles. The molecule has 0 spiro atoms. The smallest absolute Gasteiger partial charge is 0.227 e. The van der Waals surface area contributed by atoms with Crippen LogP contribution in [0.5, 0.6) is 0 Å². The van der Waals surface area contributed by atoms with Crippen LogP contribution >= 0.6 is 22.9 Å². The minimum absolute atomic E-state index is 0.129. The summed E-state index contributed by atoms with van der Waals surface area (Å²) in [6.45, 7) is 6.95. The summed E-state index contributed by atoms with van der Waals surface area (Å²) in [7, 11) is 0. The van der Waals surface area contributed by atoms with E-state index in [0.29, 0.717) is 12.1 Å². The zero-order chi connectivity index (χ0) is 9.30. The van der Waals surface area contributed by atoms with Crippen LogP contribution in [0.2, 0.25) is 0 Å². The van der Waals surface area contributed by atoms with Gasteiger partial charge in [-0.15, -0.1) is 0 Å². The molecule has 2 unspecified atom stereocenters. The Kier molecular flexibility index (Phi) is 3.34. The standard InChI is InChI=1S/C8H15IN2O/c1-5(2)11-4-7(10-9)6(3)8(11)12/h5-7,10H,4H2,1-3H3. The van der Waals surface area contributed by atoms with E-state index in [4.69, 9.17) is 0 Å². The van der Waals surface area contributed by atoms with Crippen LogP contribution in [0.25, 0.3) is 0 Å². The number of nitrogens with zero attached hydrogens (tertiary/aromatic N) is 1. The molecule has 2 atom stereocenters. The van der Waals surface area contributed by atoms with Gasteiger partial charge in [-0.1, -0.05) is 6.92 Å². The molecule has 1 saturated heterocycles. The van der Waals surface area contributed by atoms with Crippen LogP contribution in [0, 0.1) is 5.92 Å². The fourth-order valence-corrected chi connectivity index (χ4v) is 2.22. The number of amides is 1. The lowest BCUT2D eigenvalue weighted by Gasteiger charge is -2.20. The Labute approximate surface area is 87.4 Å². The summed E-state index contributed by atoms with van der Waals surface area (Å²) in [5.74, 6) is 0.406. The van der Waals surface area contributed by atoms with Gasteiger partial charge in [0.1, 0.15) is 0 Å². The van der Waals surface area contributed by atoms with Crippen LogP contribution in [0.4, 0.5) is 0 Å². The first-order valence-corrected chi connectivity index (χ1v) is 5.32. The van der Waals surface area contributed by atoms with Gasteiger partial charge in [-0.05, 0) is 13.8 Å². The highest BCUT2D eigenvalue weighted by molar-refractivity contribution is 14.1. The Morgan fingerprint density at radius 1 is 1.67 bits per heavy atom. The molecule has 0 aromatic carbocycles. The summed E-state index contributed by atoms with van der Waals surface area (Å²) in [5.41, 5.74) is 0. The van der Waals surface area contributed by atoms with E-state index in [0.717, 1.165) is 6.54 Å². The Morgan fingerprint density at radius 3 is 2.50 bits per heavy atom. The molecule has 0 aliphatic carbocycles. The minimum atomic E-state index is 0.129. The normalized spacial score (nSPS) is 30.4. The number of carbonyl (C=O) groups excluding carboxylic acids is 1. The summed E-state index contributed by atoms with van der Waals surface area (Å²) in [6.07, 6.45) is 0. The lowest BCUT2D eigenvalue weighted by atomic mass is 10.1. The fourth-order valence-electron chi connectivity index (χ4n) is 1.49. The summed E-state index contributed by atoms with van der Waals surface area (Å²) in [4.78, 5) is 13.5. The molecule has 70 valence electrons. The van der Waals surface area contributed by atoms with Gasteiger partial charge in [-0.3, -0.25) is 8.32 Å². The quantitative estimate of drug-likeness (QED) is 0.609. The second-order valence-corrected chi connectivity index (χ2v) is 4.21. The molecule has 0 bridgehead atoms. The van der Waals surface area contributed by atoms with Gasteiger partial charge in [0, 0.05) is 41.5 Å². The van der Waals surface area contributed by atoms with E-state index < -0.39 is 0 Å². The van der Waals surface area contributed by atoms with Crippen LogP contribution in [-0.2, 0) is 4.79 Å². The SMILES string of the molecule is CC1C(=O)N(C(C)C)CC1NI. The van der Waals surface area contributed by atoms with Gasteiger partial charge in [0.25, 0.3) is 0 Å². The first-order chi connectivity index (χ1) is 5.57. The van der Waals surface area contributed by atoms with E-state index in [1.54, 1.807) is 0 Å². The lowest BCUT2D eigenvalue weighted by molar-refractivity contribution is -0.131. The highest BCUT2D eigenvalue weighted by Crippen LogP contribution is 2.20. The average Bonchev–Trinajstić information content (AvgIpc) is 2.30. The van der Waals surface area contributed by atoms with Crippen molar-refractivity contribution in [2.75, 3.05) is 6.54 Å². The van der Waals surface area contributed by atoms with E-state index in [9.17, 15) is 4.79 Å². The molecule has 1 rings (SSSR count). The van der Waals surface area contributed by atoms with Crippen molar-refractivity contribution in [1.29, 1.82) is 0 Å². The third kappa shape index (κ3) is 1.74. The first kappa shape index (κ1) is 10.2. The number of carbonyl (C=O) groups is 1. The maximum atomic E-state index is 11.6. The molecule has 1 heterocycles. The number of hydrogen-bond acceptors (Lipinski definition) is 2. The van der Waals surface area contributed by atoms with Crippen LogP contribution in [0.1, 0.15) is 20.8 Å². The van der Waals surface area contributed by atoms with Crippen molar-refractivity contribution in [2.45, 2.75) is 32.9 Å². The molecule has 4 heteroatoms. The molecular formula is C8H15IN2O. The molecule has 0 aromatic rings. The van der Waals surface area contributed by atoms with Crippen molar-refractivity contribution in [3.8, 4) is 0 Å². The van der Waals surface area contributed by atoms with E-state index in [-0.39, 0.29) is 11.8 Å². The van der Waals surface area contributed by atoms with Crippen molar-refractivity contribution in [3.63, 3.8) is 0 Å². The summed E-state index contributed by atoms with van der Waals surface area (Å²) >= 11 is 2.12. The average molecular weight is 282 g/mol.